The van der Waals surface area contributed by atoms with Gasteiger partial charge in [0.1, 0.15) is 17.5 Å². The number of aromatic nitrogens is 2. The molecule has 7 heteroatoms. The molecule has 0 atom stereocenters. The van der Waals surface area contributed by atoms with Crippen molar-refractivity contribution >= 4 is 17.5 Å². The Balaban J connectivity index is 2.00. The molecule has 19 heavy (non-hydrogen) atoms. The normalized spacial score (nSPS) is 16.3. The Morgan fingerprint density at radius 2 is 2.26 bits per heavy atom. The van der Waals surface area contributed by atoms with E-state index in [1.165, 1.54) is 10.6 Å². The van der Waals surface area contributed by atoms with Gasteiger partial charge in [0.15, 0.2) is 0 Å². The van der Waals surface area contributed by atoms with E-state index in [2.05, 4.69) is 10.3 Å². The van der Waals surface area contributed by atoms with Crippen LogP contribution in [0.2, 0.25) is 5.15 Å². The fraction of sp³-hybridized carbons (Fsp3) is 0.583. The molecule has 1 aliphatic heterocycles. The maximum atomic E-state index is 11.9. The summed E-state index contributed by atoms with van der Waals surface area (Å²) in [7, 11) is 0. The molecule has 1 aromatic heterocycles. The number of nitrogens with zero attached hydrogens (tertiary/aromatic N) is 2. The van der Waals surface area contributed by atoms with Crippen molar-refractivity contribution in [1.29, 1.82) is 0 Å². The van der Waals surface area contributed by atoms with E-state index in [0.717, 1.165) is 12.8 Å². The van der Waals surface area contributed by atoms with Crippen molar-refractivity contribution < 1.29 is 9.53 Å². The van der Waals surface area contributed by atoms with Crippen molar-refractivity contribution in [3.63, 3.8) is 0 Å². The number of amides is 1. The molecule has 2 heterocycles. The molecule has 0 spiro atoms. The van der Waals surface area contributed by atoms with Crippen molar-refractivity contribution in [3.05, 3.63) is 27.4 Å². The van der Waals surface area contributed by atoms with Crippen LogP contribution in [-0.4, -0.2) is 34.7 Å². The molecule has 0 bridgehead atoms. The van der Waals surface area contributed by atoms with Gasteiger partial charge in [0.2, 0.25) is 5.91 Å². The van der Waals surface area contributed by atoms with Crippen molar-refractivity contribution in [2.75, 3.05) is 13.2 Å². The highest BCUT2D eigenvalue weighted by atomic mass is 35.5. The fourth-order valence-corrected chi connectivity index (χ4v) is 2.25. The first-order chi connectivity index (χ1) is 9.06. The lowest BCUT2D eigenvalue weighted by Crippen LogP contribution is -2.42. The predicted molar refractivity (Wildman–Crippen MR) is 70.2 cm³/mol. The van der Waals surface area contributed by atoms with Gasteiger partial charge >= 0.3 is 0 Å². The summed E-state index contributed by atoms with van der Waals surface area (Å²) in [5.74, 6) is 0.237. The zero-order valence-electron chi connectivity index (χ0n) is 10.7. The molecule has 1 fully saturated rings. The number of carbonyl (C=O) groups is 1. The van der Waals surface area contributed by atoms with Crippen LogP contribution in [0.1, 0.15) is 18.7 Å². The number of nitrogens with one attached hydrogen (secondary N) is 1. The number of hydrogen-bond acceptors (Lipinski definition) is 4. The van der Waals surface area contributed by atoms with Crippen molar-refractivity contribution in [2.24, 2.45) is 0 Å². The van der Waals surface area contributed by atoms with E-state index in [1.807, 2.05) is 0 Å². The van der Waals surface area contributed by atoms with E-state index in [4.69, 9.17) is 16.3 Å². The van der Waals surface area contributed by atoms with E-state index in [-0.39, 0.29) is 29.2 Å². The lowest BCUT2D eigenvalue weighted by Gasteiger charge is -2.23. The summed E-state index contributed by atoms with van der Waals surface area (Å²) in [4.78, 5) is 27.6. The summed E-state index contributed by atoms with van der Waals surface area (Å²) >= 11 is 5.68. The van der Waals surface area contributed by atoms with Crippen molar-refractivity contribution in [1.82, 2.24) is 14.9 Å². The van der Waals surface area contributed by atoms with Crippen molar-refractivity contribution in [2.45, 2.75) is 32.4 Å². The first-order valence-corrected chi connectivity index (χ1v) is 6.55. The van der Waals surface area contributed by atoms with E-state index in [0.29, 0.717) is 19.0 Å². The Labute approximate surface area is 115 Å². The molecular formula is C12H16ClN3O3. The number of rotatable bonds is 3. The van der Waals surface area contributed by atoms with Gasteiger partial charge in [-0.25, -0.2) is 4.98 Å². The quantitative estimate of drug-likeness (QED) is 0.821. The maximum Gasteiger partial charge on any atom is 0.255 e. The van der Waals surface area contributed by atoms with Crippen molar-refractivity contribution in [3.8, 4) is 0 Å². The lowest BCUT2D eigenvalue weighted by molar-refractivity contribution is -0.123. The number of carbonyl (C=O) groups excluding carboxylic acids is 1. The molecule has 1 amide bonds. The van der Waals surface area contributed by atoms with Gasteiger partial charge in [0, 0.05) is 25.3 Å². The summed E-state index contributed by atoms with van der Waals surface area (Å²) in [6, 6.07) is 1.33. The average molecular weight is 286 g/mol. The number of halogens is 1. The zero-order chi connectivity index (χ0) is 13.8. The highest BCUT2D eigenvalue weighted by molar-refractivity contribution is 6.29. The molecule has 0 radical (unpaired) electrons. The van der Waals surface area contributed by atoms with Crippen LogP contribution in [-0.2, 0) is 16.1 Å². The smallest absolute Gasteiger partial charge is 0.255 e. The Bertz CT molecular complexity index is 523. The monoisotopic (exact) mass is 285 g/mol. The maximum absolute atomic E-state index is 11.9. The molecule has 0 unspecified atom stereocenters. The molecule has 0 saturated carbocycles. The van der Waals surface area contributed by atoms with Crippen LogP contribution < -0.4 is 10.9 Å². The second-order valence-corrected chi connectivity index (χ2v) is 4.89. The second kappa shape index (κ2) is 6.16. The highest BCUT2D eigenvalue weighted by Gasteiger charge is 2.17. The topological polar surface area (TPSA) is 73.2 Å². The molecule has 6 nitrogen and oxygen atoms in total. The SMILES string of the molecule is Cc1nc(Cl)cc(=O)n1CC(=O)NC1CCOCC1. The molecule has 1 saturated heterocycles. The molecule has 1 N–H and O–H groups in total. The average Bonchev–Trinajstić information content (AvgIpc) is 2.35. The standard InChI is InChI=1S/C12H16ClN3O3/c1-8-14-10(13)6-12(18)16(8)7-11(17)15-9-2-4-19-5-3-9/h6,9H,2-5,7H2,1H3,(H,15,17). The molecule has 1 aliphatic rings. The summed E-state index contributed by atoms with van der Waals surface area (Å²) in [6.45, 7) is 2.93. The molecular weight excluding hydrogens is 270 g/mol. The number of ether oxygens (including phenoxy) is 1. The minimum absolute atomic E-state index is 0.0355. The Kier molecular flexibility index (Phi) is 4.55. The first-order valence-electron chi connectivity index (χ1n) is 6.17. The number of aryl methyl sites for hydroxylation is 1. The third-order valence-corrected chi connectivity index (χ3v) is 3.25. The van der Waals surface area contributed by atoms with Crippen LogP contribution in [0.4, 0.5) is 0 Å². The van der Waals surface area contributed by atoms with Gasteiger partial charge in [-0.15, -0.1) is 0 Å². The largest absolute Gasteiger partial charge is 0.381 e. The van der Waals surface area contributed by atoms with Gasteiger partial charge in [0.05, 0.1) is 0 Å². The van der Waals surface area contributed by atoms with Gasteiger partial charge in [-0.05, 0) is 19.8 Å². The molecule has 0 aliphatic carbocycles. The predicted octanol–water partition coefficient (Wildman–Crippen LogP) is 0.500. The fourth-order valence-electron chi connectivity index (χ4n) is 2.04. The first kappa shape index (κ1) is 14.0. The summed E-state index contributed by atoms with van der Waals surface area (Å²) in [5, 5.41) is 3.04. The highest BCUT2D eigenvalue weighted by Crippen LogP contribution is 2.06. The Morgan fingerprint density at radius 1 is 1.58 bits per heavy atom. The second-order valence-electron chi connectivity index (χ2n) is 4.50. The third kappa shape index (κ3) is 3.78. The number of hydrogen-bond donors (Lipinski definition) is 1. The molecule has 2 rings (SSSR count). The van der Waals surface area contributed by atoms with E-state index < -0.39 is 0 Å². The van der Waals surface area contributed by atoms with E-state index in [9.17, 15) is 9.59 Å². The van der Waals surface area contributed by atoms with E-state index in [1.54, 1.807) is 6.92 Å². The molecule has 104 valence electrons. The molecule has 0 aromatic carbocycles. The van der Waals surface area contributed by atoms with Crippen LogP contribution in [0, 0.1) is 6.92 Å². The van der Waals surface area contributed by atoms with Gasteiger partial charge in [-0.1, -0.05) is 11.6 Å². The lowest BCUT2D eigenvalue weighted by atomic mass is 10.1. The van der Waals surface area contributed by atoms with Gasteiger partial charge in [-0.3, -0.25) is 14.2 Å². The van der Waals surface area contributed by atoms with Crippen LogP contribution in [0.15, 0.2) is 10.9 Å². The van der Waals surface area contributed by atoms with Gasteiger partial charge < -0.3 is 10.1 Å². The Hall–Kier alpha value is -1.40. The minimum Gasteiger partial charge on any atom is -0.381 e. The van der Waals surface area contributed by atoms with E-state index >= 15 is 0 Å². The summed E-state index contributed by atoms with van der Waals surface area (Å²) in [6.07, 6.45) is 1.61. The molecule has 1 aromatic rings. The third-order valence-electron chi connectivity index (χ3n) is 3.06. The minimum atomic E-state index is -0.320. The van der Waals surface area contributed by atoms with Gasteiger partial charge in [-0.2, -0.15) is 0 Å². The van der Waals surface area contributed by atoms with Crippen LogP contribution >= 0.6 is 11.6 Å². The van der Waals surface area contributed by atoms with Crippen LogP contribution in [0.25, 0.3) is 0 Å². The van der Waals surface area contributed by atoms with Crippen LogP contribution in [0.3, 0.4) is 0 Å². The summed E-state index contributed by atoms with van der Waals surface area (Å²) in [5.41, 5.74) is -0.320. The zero-order valence-corrected chi connectivity index (χ0v) is 11.4. The Morgan fingerprint density at radius 3 is 2.89 bits per heavy atom. The van der Waals surface area contributed by atoms with Crippen LogP contribution in [0.5, 0.6) is 0 Å². The summed E-state index contributed by atoms with van der Waals surface area (Å²) < 4.78 is 6.53. The van der Waals surface area contributed by atoms with Gasteiger partial charge in [0.25, 0.3) is 5.56 Å².